The van der Waals surface area contributed by atoms with Gasteiger partial charge in [-0.1, -0.05) is 0 Å². The SMILES string of the molecule is O=c1[nH]cnc(N2CCC[C@H](O)C2)c1I. The maximum absolute atomic E-state index is 11.4. The molecular formula is C9H12IN3O2. The summed E-state index contributed by atoms with van der Waals surface area (Å²) in [6.07, 6.45) is 2.86. The van der Waals surface area contributed by atoms with Gasteiger partial charge in [0.05, 0.1) is 12.4 Å². The second-order valence-corrected chi connectivity index (χ2v) is 4.69. The number of rotatable bonds is 1. The topological polar surface area (TPSA) is 69.2 Å². The molecule has 1 saturated heterocycles. The fourth-order valence-electron chi connectivity index (χ4n) is 1.74. The van der Waals surface area contributed by atoms with E-state index >= 15 is 0 Å². The van der Waals surface area contributed by atoms with Crippen LogP contribution in [0.5, 0.6) is 0 Å². The number of piperidine rings is 1. The van der Waals surface area contributed by atoms with Gasteiger partial charge in [0.25, 0.3) is 5.56 Å². The summed E-state index contributed by atoms with van der Waals surface area (Å²) < 4.78 is 0.587. The minimum Gasteiger partial charge on any atom is -0.391 e. The Morgan fingerprint density at radius 2 is 2.47 bits per heavy atom. The van der Waals surface area contributed by atoms with Crippen LogP contribution in [0.25, 0.3) is 0 Å². The van der Waals surface area contributed by atoms with Crippen LogP contribution >= 0.6 is 22.6 Å². The van der Waals surface area contributed by atoms with Gasteiger partial charge in [-0.3, -0.25) is 4.79 Å². The number of β-amino-alcohol motifs (C(OH)–C–C–N with tert-alkyl or cyclic N) is 1. The Hall–Kier alpha value is -0.630. The standard InChI is InChI=1S/C9H12IN3O2/c10-7-8(11-5-12-9(7)15)13-3-1-2-6(14)4-13/h5-6,14H,1-4H2,(H,11,12,15)/t6-/m0/s1. The normalized spacial score (nSPS) is 21.7. The number of H-pyrrole nitrogens is 1. The lowest BCUT2D eigenvalue weighted by molar-refractivity contribution is 0.153. The van der Waals surface area contributed by atoms with Crippen molar-refractivity contribution < 1.29 is 5.11 Å². The molecule has 0 bridgehead atoms. The van der Waals surface area contributed by atoms with E-state index in [-0.39, 0.29) is 11.7 Å². The van der Waals surface area contributed by atoms with Crippen LogP contribution in [-0.2, 0) is 0 Å². The molecule has 1 aliphatic rings. The van der Waals surface area contributed by atoms with Gasteiger partial charge in [0.2, 0.25) is 0 Å². The van der Waals surface area contributed by atoms with Gasteiger partial charge in [0.1, 0.15) is 9.39 Å². The Bertz CT molecular complexity index is 407. The summed E-state index contributed by atoms with van der Waals surface area (Å²) in [6.45, 7) is 1.41. The fraction of sp³-hybridized carbons (Fsp3) is 0.556. The van der Waals surface area contributed by atoms with Crippen molar-refractivity contribution in [2.75, 3.05) is 18.0 Å². The van der Waals surface area contributed by atoms with Crippen molar-refractivity contribution in [1.29, 1.82) is 0 Å². The van der Waals surface area contributed by atoms with Crippen LogP contribution in [-0.4, -0.2) is 34.3 Å². The predicted octanol–water partition coefficient (Wildman–Crippen LogP) is 0.336. The number of halogens is 1. The van der Waals surface area contributed by atoms with Crippen LogP contribution < -0.4 is 10.5 Å². The molecule has 0 unspecified atom stereocenters. The van der Waals surface area contributed by atoms with Crippen LogP contribution in [0, 0.1) is 3.57 Å². The number of nitrogens with one attached hydrogen (secondary N) is 1. The third-order valence-corrected chi connectivity index (χ3v) is 3.45. The third-order valence-electron chi connectivity index (χ3n) is 2.47. The molecule has 5 nitrogen and oxygen atoms in total. The van der Waals surface area contributed by atoms with Gasteiger partial charge >= 0.3 is 0 Å². The van der Waals surface area contributed by atoms with Crippen LogP contribution in [0.3, 0.4) is 0 Å². The third kappa shape index (κ3) is 2.31. The molecule has 1 aliphatic heterocycles. The molecule has 1 fully saturated rings. The summed E-state index contributed by atoms with van der Waals surface area (Å²) in [5, 5.41) is 9.54. The number of aliphatic hydroxyl groups is 1. The highest BCUT2D eigenvalue weighted by atomic mass is 127. The van der Waals surface area contributed by atoms with Gasteiger partial charge in [0.15, 0.2) is 0 Å². The molecule has 0 saturated carbocycles. The molecule has 0 amide bonds. The van der Waals surface area contributed by atoms with E-state index in [9.17, 15) is 9.90 Å². The Morgan fingerprint density at radius 3 is 3.20 bits per heavy atom. The van der Waals surface area contributed by atoms with E-state index in [0.29, 0.717) is 15.9 Å². The monoisotopic (exact) mass is 321 g/mol. The number of nitrogens with zero attached hydrogens (tertiary/aromatic N) is 2. The Morgan fingerprint density at radius 1 is 1.67 bits per heavy atom. The lowest BCUT2D eigenvalue weighted by Gasteiger charge is -2.31. The summed E-state index contributed by atoms with van der Waals surface area (Å²) in [6, 6.07) is 0. The van der Waals surface area contributed by atoms with Gasteiger partial charge in [-0.25, -0.2) is 4.98 Å². The highest BCUT2D eigenvalue weighted by Crippen LogP contribution is 2.20. The van der Waals surface area contributed by atoms with E-state index in [2.05, 4.69) is 9.97 Å². The van der Waals surface area contributed by atoms with E-state index < -0.39 is 0 Å². The van der Waals surface area contributed by atoms with Crippen molar-refractivity contribution in [3.8, 4) is 0 Å². The van der Waals surface area contributed by atoms with Crippen LogP contribution in [0.4, 0.5) is 5.82 Å². The van der Waals surface area contributed by atoms with E-state index in [1.54, 1.807) is 0 Å². The molecule has 0 spiro atoms. The lowest BCUT2D eigenvalue weighted by Crippen LogP contribution is -2.40. The molecule has 0 aromatic carbocycles. The number of anilines is 1. The second-order valence-electron chi connectivity index (χ2n) is 3.61. The first-order valence-electron chi connectivity index (χ1n) is 4.84. The first kappa shape index (κ1) is 10.9. The zero-order valence-corrected chi connectivity index (χ0v) is 10.3. The average molecular weight is 321 g/mol. The van der Waals surface area contributed by atoms with Crippen molar-refractivity contribution in [1.82, 2.24) is 9.97 Å². The minimum absolute atomic E-state index is 0.124. The molecular weight excluding hydrogens is 309 g/mol. The van der Waals surface area contributed by atoms with Crippen molar-refractivity contribution in [3.63, 3.8) is 0 Å². The van der Waals surface area contributed by atoms with E-state index in [0.717, 1.165) is 19.4 Å². The molecule has 15 heavy (non-hydrogen) atoms. The smallest absolute Gasteiger partial charge is 0.266 e. The Labute approximate surface area is 101 Å². The van der Waals surface area contributed by atoms with Gasteiger partial charge in [0, 0.05) is 13.1 Å². The molecule has 1 aromatic heterocycles. The molecule has 1 atom stereocenters. The summed E-state index contributed by atoms with van der Waals surface area (Å²) in [5.74, 6) is 0.679. The molecule has 2 rings (SSSR count). The molecule has 82 valence electrons. The van der Waals surface area contributed by atoms with Crippen molar-refractivity contribution in [2.45, 2.75) is 18.9 Å². The van der Waals surface area contributed by atoms with Crippen molar-refractivity contribution >= 4 is 28.4 Å². The fourth-order valence-corrected chi connectivity index (χ4v) is 2.38. The summed E-state index contributed by atoms with van der Waals surface area (Å²) in [4.78, 5) is 20.0. The van der Waals surface area contributed by atoms with Crippen molar-refractivity contribution in [2.24, 2.45) is 0 Å². The summed E-state index contributed by atoms with van der Waals surface area (Å²) in [7, 11) is 0. The maximum atomic E-state index is 11.4. The zero-order chi connectivity index (χ0) is 10.8. The number of aromatic nitrogens is 2. The predicted molar refractivity (Wildman–Crippen MR) is 65.0 cm³/mol. The average Bonchev–Trinajstić information content (AvgIpc) is 2.22. The van der Waals surface area contributed by atoms with Crippen LogP contribution in [0.15, 0.2) is 11.1 Å². The quantitative estimate of drug-likeness (QED) is 0.732. The molecule has 2 N–H and O–H groups in total. The summed E-state index contributed by atoms with van der Waals surface area (Å²) >= 11 is 1.98. The first-order chi connectivity index (χ1) is 7.18. The highest BCUT2D eigenvalue weighted by molar-refractivity contribution is 14.1. The molecule has 0 aliphatic carbocycles. The number of hydrogen-bond acceptors (Lipinski definition) is 4. The van der Waals surface area contributed by atoms with E-state index in [1.165, 1.54) is 6.33 Å². The minimum atomic E-state index is -0.310. The van der Waals surface area contributed by atoms with Crippen LogP contribution in [0.1, 0.15) is 12.8 Å². The van der Waals surface area contributed by atoms with Gasteiger partial charge in [-0.05, 0) is 35.4 Å². The first-order valence-corrected chi connectivity index (χ1v) is 5.92. The molecule has 6 heteroatoms. The Kier molecular flexibility index (Phi) is 3.25. The van der Waals surface area contributed by atoms with Gasteiger partial charge in [-0.2, -0.15) is 0 Å². The lowest BCUT2D eigenvalue weighted by atomic mass is 10.1. The largest absolute Gasteiger partial charge is 0.391 e. The maximum Gasteiger partial charge on any atom is 0.266 e. The van der Waals surface area contributed by atoms with E-state index in [1.807, 2.05) is 27.5 Å². The van der Waals surface area contributed by atoms with Gasteiger partial charge in [-0.15, -0.1) is 0 Å². The number of hydrogen-bond donors (Lipinski definition) is 2. The van der Waals surface area contributed by atoms with E-state index in [4.69, 9.17) is 0 Å². The Balaban J connectivity index is 2.28. The number of aromatic amines is 1. The summed E-state index contributed by atoms with van der Waals surface area (Å²) in [5.41, 5.74) is -0.124. The zero-order valence-electron chi connectivity index (χ0n) is 8.11. The van der Waals surface area contributed by atoms with Crippen LogP contribution in [0.2, 0.25) is 0 Å². The molecule has 2 heterocycles. The second kappa shape index (κ2) is 4.48. The molecule has 0 radical (unpaired) electrons. The van der Waals surface area contributed by atoms with Gasteiger partial charge < -0.3 is 15.0 Å². The highest BCUT2D eigenvalue weighted by Gasteiger charge is 2.21. The number of aliphatic hydroxyl groups excluding tert-OH is 1. The molecule has 1 aromatic rings. The van der Waals surface area contributed by atoms with Crippen molar-refractivity contribution in [3.05, 3.63) is 20.3 Å².